The third-order valence-corrected chi connectivity index (χ3v) is 9.73. The largest absolute Gasteiger partial charge is 0.465 e. The minimum absolute atomic E-state index is 0.0928. The van der Waals surface area contributed by atoms with Crippen LogP contribution >= 0.6 is 0 Å². The maximum absolute atomic E-state index is 14.3. The molecule has 1 N–H and O–H groups in total. The molecule has 4 rings (SSSR count). The Hall–Kier alpha value is -2.37. The highest BCUT2D eigenvalue weighted by molar-refractivity contribution is 6.76. The number of piperidine rings is 1. The van der Waals surface area contributed by atoms with Crippen molar-refractivity contribution in [3.05, 3.63) is 53.1 Å². The van der Waals surface area contributed by atoms with Gasteiger partial charge in [-0.25, -0.2) is 22.6 Å². The highest BCUT2D eigenvalue weighted by Crippen LogP contribution is 2.38. The molecule has 2 aliphatic rings. The summed E-state index contributed by atoms with van der Waals surface area (Å²) in [7, 11) is -1.21. The predicted octanol–water partition coefficient (Wildman–Crippen LogP) is 6.58. The monoisotopic (exact) mass is 567 g/mol. The van der Waals surface area contributed by atoms with Crippen molar-refractivity contribution in [1.29, 1.82) is 0 Å². The Morgan fingerprint density at radius 1 is 1.08 bits per heavy atom. The minimum atomic E-state index is -1.21. The van der Waals surface area contributed by atoms with Crippen LogP contribution in [0.25, 0.3) is 0 Å². The highest BCUT2D eigenvalue weighted by atomic mass is 28.3. The normalized spacial score (nSPS) is 24.2. The summed E-state index contributed by atoms with van der Waals surface area (Å²) < 4.78 is 56.3. The number of amides is 1. The summed E-state index contributed by atoms with van der Waals surface area (Å²) >= 11 is 0. The van der Waals surface area contributed by atoms with E-state index in [0.717, 1.165) is 36.7 Å². The molecular formula is C28H40F3N3O4Si. The van der Waals surface area contributed by atoms with Crippen molar-refractivity contribution in [3.63, 3.8) is 0 Å². The average molecular weight is 568 g/mol. The lowest BCUT2D eigenvalue weighted by atomic mass is 9.82. The molecule has 1 aromatic carbocycles. The van der Waals surface area contributed by atoms with Crippen molar-refractivity contribution in [2.45, 2.75) is 94.9 Å². The molecular weight excluding hydrogens is 527 g/mol. The molecule has 0 radical (unpaired) electrons. The first-order valence-corrected chi connectivity index (χ1v) is 17.6. The van der Waals surface area contributed by atoms with Gasteiger partial charge < -0.3 is 19.5 Å². The minimum Gasteiger partial charge on any atom is -0.465 e. The number of carboxylic acid groups (broad SMARTS) is 1. The maximum atomic E-state index is 14.3. The first kappa shape index (κ1) is 29.6. The first-order chi connectivity index (χ1) is 18.5. The summed E-state index contributed by atoms with van der Waals surface area (Å²) in [6.07, 6.45) is 4.21. The Morgan fingerprint density at radius 2 is 1.79 bits per heavy atom. The lowest BCUT2D eigenvalue weighted by Gasteiger charge is -2.40. The van der Waals surface area contributed by atoms with E-state index < -0.39 is 37.5 Å². The molecule has 0 bridgehead atoms. The quantitative estimate of drug-likeness (QED) is 0.199. The van der Waals surface area contributed by atoms with Gasteiger partial charge in [-0.3, -0.25) is 0 Å². The number of hydrogen-bond donors (Lipinski definition) is 1. The number of halogens is 3. The third-order valence-electron chi connectivity index (χ3n) is 8.03. The molecule has 2 aromatic rings. The Labute approximate surface area is 229 Å². The van der Waals surface area contributed by atoms with Crippen LogP contribution in [0.15, 0.2) is 24.4 Å². The van der Waals surface area contributed by atoms with Gasteiger partial charge in [-0.05, 0) is 68.7 Å². The lowest BCUT2D eigenvalue weighted by Crippen LogP contribution is -2.50. The number of benzene rings is 1. The van der Waals surface area contributed by atoms with Gasteiger partial charge in [-0.1, -0.05) is 19.6 Å². The molecule has 1 amide bonds. The molecule has 2 unspecified atom stereocenters. The molecule has 7 nitrogen and oxygen atoms in total. The number of rotatable bonds is 10. The molecule has 1 aliphatic heterocycles. The molecule has 11 heteroatoms. The Bertz CT molecular complexity index is 1120. The van der Waals surface area contributed by atoms with Crippen LogP contribution in [0.5, 0.6) is 0 Å². The van der Waals surface area contributed by atoms with E-state index in [1.54, 1.807) is 6.20 Å². The van der Waals surface area contributed by atoms with E-state index in [1.807, 2.05) is 10.7 Å². The van der Waals surface area contributed by atoms with Crippen LogP contribution in [0, 0.1) is 17.5 Å². The number of aromatic nitrogens is 2. The molecule has 2 atom stereocenters. The van der Waals surface area contributed by atoms with Crippen molar-refractivity contribution >= 4 is 14.2 Å². The van der Waals surface area contributed by atoms with Gasteiger partial charge in [-0.15, -0.1) is 0 Å². The van der Waals surface area contributed by atoms with E-state index >= 15 is 0 Å². The van der Waals surface area contributed by atoms with Crippen LogP contribution in [-0.2, 0) is 16.2 Å². The van der Waals surface area contributed by atoms with Crippen LogP contribution in [-0.4, -0.2) is 65.9 Å². The van der Waals surface area contributed by atoms with Gasteiger partial charge in [0.2, 0.25) is 0 Å². The van der Waals surface area contributed by atoms with Gasteiger partial charge in [0.05, 0.1) is 18.8 Å². The molecule has 39 heavy (non-hydrogen) atoms. The molecule has 1 aliphatic carbocycles. The molecule has 1 saturated carbocycles. The lowest BCUT2D eigenvalue weighted by molar-refractivity contribution is -0.0237. The molecule has 1 saturated heterocycles. The van der Waals surface area contributed by atoms with Crippen molar-refractivity contribution in [2.24, 2.45) is 0 Å². The third kappa shape index (κ3) is 7.43. The second-order valence-electron chi connectivity index (χ2n) is 12.0. The van der Waals surface area contributed by atoms with Crippen LogP contribution in [0.2, 0.25) is 25.7 Å². The van der Waals surface area contributed by atoms with Crippen LogP contribution in [0.4, 0.5) is 18.0 Å². The Balaban J connectivity index is 1.39. The fourth-order valence-electron chi connectivity index (χ4n) is 5.81. The SMILES string of the molecule is C[Si](C)(C)CCOCn1nccc1C1CCCN(C(=O)O)C1CO[C@H]1CC[C@@H](c2c(F)ccc(F)c2F)CC1. The number of ether oxygens (including phenoxy) is 2. The molecule has 2 fully saturated rings. The molecule has 1 aromatic heterocycles. The van der Waals surface area contributed by atoms with E-state index in [4.69, 9.17) is 9.47 Å². The second-order valence-corrected chi connectivity index (χ2v) is 17.6. The van der Waals surface area contributed by atoms with E-state index in [9.17, 15) is 23.1 Å². The Morgan fingerprint density at radius 3 is 2.49 bits per heavy atom. The van der Waals surface area contributed by atoms with Gasteiger partial charge in [0, 0.05) is 44.6 Å². The summed E-state index contributed by atoms with van der Waals surface area (Å²) in [6, 6.07) is 4.38. The topological polar surface area (TPSA) is 76.8 Å². The highest BCUT2D eigenvalue weighted by Gasteiger charge is 2.38. The zero-order chi connectivity index (χ0) is 28.2. The van der Waals surface area contributed by atoms with Crippen molar-refractivity contribution < 1.29 is 32.5 Å². The first-order valence-electron chi connectivity index (χ1n) is 13.9. The molecule has 0 spiro atoms. The summed E-state index contributed by atoms with van der Waals surface area (Å²) in [5.41, 5.74) is 0.751. The summed E-state index contributed by atoms with van der Waals surface area (Å²) in [4.78, 5) is 13.6. The number of hydrogen-bond acceptors (Lipinski definition) is 4. The summed E-state index contributed by atoms with van der Waals surface area (Å²) in [5.74, 6) is -3.37. The molecule has 2 heterocycles. The van der Waals surface area contributed by atoms with Gasteiger partial charge in [0.1, 0.15) is 12.5 Å². The van der Waals surface area contributed by atoms with Gasteiger partial charge >= 0.3 is 6.09 Å². The van der Waals surface area contributed by atoms with E-state index in [-0.39, 0.29) is 30.2 Å². The van der Waals surface area contributed by atoms with E-state index in [1.165, 1.54) is 4.90 Å². The van der Waals surface area contributed by atoms with Crippen LogP contribution in [0.1, 0.15) is 61.6 Å². The van der Waals surface area contributed by atoms with Crippen molar-refractivity contribution in [3.8, 4) is 0 Å². The molecule has 216 valence electrons. The predicted molar refractivity (Wildman–Crippen MR) is 144 cm³/mol. The smallest absolute Gasteiger partial charge is 0.407 e. The van der Waals surface area contributed by atoms with Gasteiger partial charge in [-0.2, -0.15) is 5.10 Å². The van der Waals surface area contributed by atoms with Gasteiger partial charge in [0.15, 0.2) is 11.6 Å². The fourth-order valence-corrected chi connectivity index (χ4v) is 6.57. The fraction of sp³-hybridized carbons (Fsp3) is 0.643. The Kier molecular flexibility index (Phi) is 9.76. The second kappa shape index (κ2) is 12.9. The standard InChI is InChI=1S/C28H40F3N3O4Si/c1-39(2,3)16-15-37-18-34-24(12-13-32-34)21-5-4-14-33(28(35)36)25(21)17-38-20-8-6-19(7-9-20)26-22(29)10-11-23(30)27(26)31/h10-13,19-21,25H,4-9,14-18H2,1-3H3,(H,35,36)/t19-,20+,21?,25?. The average Bonchev–Trinajstić information content (AvgIpc) is 3.36. The van der Waals surface area contributed by atoms with Crippen molar-refractivity contribution in [2.75, 3.05) is 19.8 Å². The number of carbonyl (C=O) groups is 1. The van der Waals surface area contributed by atoms with Gasteiger partial charge in [0.25, 0.3) is 0 Å². The van der Waals surface area contributed by atoms with Crippen LogP contribution in [0.3, 0.4) is 0 Å². The number of likely N-dealkylation sites (tertiary alicyclic amines) is 1. The van der Waals surface area contributed by atoms with E-state index in [2.05, 4.69) is 24.7 Å². The van der Waals surface area contributed by atoms with Crippen molar-refractivity contribution in [1.82, 2.24) is 14.7 Å². The zero-order valence-electron chi connectivity index (χ0n) is 23.0. The number of nitrogens with zero attached hydrogens (tertiary/aromatic N) is 3. The van der Waals surface area contributed by atoms with Crippen LogP contribution < -0.4 is 0 Å². The zero-order valence-corrected chi connectivity index (χ0v) is 24.0. The summed E-state index contributed by atoms with van der Waals surface area (Å²) in [6.45, 7) is 8.54. The maximum Gasteiger partial charge on any atom is 0.407 e. The summed E-state index contributed by atoms with van der Waals surface area (Å²) in [5, 5.41) is 14.4. The van der Waals surface area contributed by atoms with E-state index in [0.29, 0.717) is 45.6 Å².